The molecule has 0 unspecified atom stereocenters. The lowest BCUT2D eigenvalue weighted by Gasteiger charge is -2.09. The molecule has 0 aliphatic carbocycles. The lowest BCUT2D eigenvalue weighted by atomic mass is 10.1. The standard InChI is InChI=1S/C21H18N2O7/c1-26-21(25)15-4-2-3-5-16(15)22-20(24)11-27-10-14-9-18(30-23-14)13-6-7-17-19(8-13)29-12-28-17/h2-9H,10-12H2,1H3,(H,22,24). The molecule has 0 saturated heterocycles. The molecule has 9 heteroatoms. The molecular weight excluding hydrogens is 392 g/mol. The van der Waals surface area contributed by atoms with E-state index in [0.29, 0.717) is 28.6 Å². The zero-order chi connectivity index (χ0) is 20.9. The van der Waals surface area contributed by atoms with Crippen LogP contribution in [0.2, 0.25) is 0 Å². The van der Waals surface area contributed by atoms with E-state index in [1.807, 2.05) is 6.07 Å². The lowest BCUT2D eigenvalue weighted by molar-refractivity contribution is -0.121. The van der Waals surface area contributed by atoms with Gasteiger partial charge in [0, 0.05) is 11.6 Å². The number of hydrogen-bond acceptors (Lipinski definition) is 8. The van der Waals surface area contributed by atoms with Crippen LogP contribution in [-0.4, -0.2) is 37.5 Å². The number of ether oxygens (including phenoxy) is 4. The van der Waals surface area contributed by atoms with Crippen molar-refractivity contribution in [2.75, 3.05) is 25.8 Å². The number of hydrogen-bond donors (Lipinski definition) is 1. The summed E-state index contributed by atoms with van der Waals surface area (Å²) in [6.07, 6.45) is 0. The van der Waals surface area contributed by atoms with Gasteiger partial charge in [-0.2, -0.15) is 0 Å². The van der Waals surface area contributed by atoms with Crippen LogP contribution in [0.4, 0.5) is 5.69 Å². The molecule has 3 aromatic rings. The van der Waals surface area contributed by atoms with Gasteiger partial charge in [0.05, 0.1) is 25.0 Å². The van der Waals surface area contributed by atoms with E-state index in [2.05, 4.69) is 10.5 Å². The zero-order valence-corrected chi connectivity index (χ0v) is 16.0. The number of anilines is 1. The summed E-state index contributed by atoms with van der Waals surface area (Å²) < 4.78 is 26.1. The molecule has 1 amide bonds. The summed E-state index contributed by atoms with van der Waals surface area (Å²) in [7, 11) is 1.28. The number of methoxy groups -OCH3 is 1. The van der Waals surface area contributed by atoms with Gasteiger partial charge in [0.15, 0.2) is 17.3 Å². The summed E-state index contributed by atoms with van der Waals surface area (Å²) in [5.41, 5.74) is 1.93. The van der Waals surface area contributed by atoms with Gasteiger partial charge in [-0.3, -0.25) is 4.79 Å². The van der Waals surface area contributed by atoms with Gasteiger partial charge in [-0.25, -0.2) is 4.79 Å². The molecule has 0 bridgehead atoms. The van der Waals surface area contributed by atoms with Crippen molar-refractivity contribution in [2.24, 2.45) is 0 Å². The normalized spacial score (nSPS) is 11.9. The van der Waals surface area contributed by atoms with Gasteiger partial charge in [-0.1, -0.05) is 17.3 Å². The molecule has 2 aromatic carbocycles. The van der Waals surface area contributed by atoms with E-state index in [1.54, 1.807) is 42.5 Å². The maximum absolute atomic E-state index is 12.1. The number of amides is 1. The van der Waals surface area contributed by atoms with Crippen molar-refractivity contribution in [2.45, 2.75) is 6.61 Å². The van der Waals surface area contributed by atoms with Crippen molar-refractivity contribution in [3.8, 4) is 22.8 Å². The fraction of sp³-hybridized carbons (Fsp3) is 0.190. The summed E-state index contributed by atoms with van der Waals surface area (Å²) in [5, 5.41) is 6.58. The number of nitrogens with one attached hydrogen (secondary N) is 1. The third-order valence-electron chi connectivity index (χ3n) is 4.31. The minimum Gasteiger partial charge on any atom is -0.465 e. The Morgan fingerprint density at radius 3 is 2.80 bits per heavy atom. The Morgan fingerprint density at radius 2 is 1.93 bits per heavy atom. The highest BCUT2D eigenvalue weighted by molar-refractivity contribution is 6.01. The van der Waals surface area contributed by atoms with Gasteiger partial charge < -0.3 is 28.8 Å². The molecular formula is C21H18N2O7. The number of aromatic nitrogens is 1. The third-order valence-corrected chi connectivity index (χ3v) is 4.31. The van der Waals surface area contributed by atoms with Crippen LogP contribution in [0.1, 0.15) is 16.1 Å². The second kappa shape index (κ2) is 8.66. The number of carbonyl (C=O) groups excluding carboxylic acids is 2. The monoisotopic (exact) mass is 410 g/mol. The van der Waals surface area contributed by atoms with Crippen molar-refractivity contribution in [3.63, 3.8) is 0 Å². The second-order valence-corrected chi connectivity index (χ2v) is 6.33. The van der Waals surface area contributed by atoms with Crippen LogP contribution >= 0.6 is 0 Å². The highest BCUT2D eigenvalue weighted by Crippen LogP contribution is 2.36. The first-order chi connectivity index (χ1) is 14.6. The largest absolute Gasteiger partial charge is 0.465 e. The molecule has 0 spiro atoms. The highest BCUT2D eigenvalue weighted by Gasteiger charge is 2.16. The van der Waals surface area contributed by atoms with Crippen LogP contribution in [0.3, 0.4) is 0 Å². The van der Waals surface area contributed by atoms with E-state index in [4.69, 9.17) is 23.5 Å². The molecule has 0 atom stereocenters. The summed E-state index contributed by atoms with van der Waals surface area (Å²) in [5.74, 6) is 0.923. The van der Waals surface area contributed by atoms with Crippen LogP contribution in [0, 0.1) is 0 Å². The van der Waals surface area contributed by atoms with E-state index < -0.39 is 11.9 Å². The Kier molecular flexibility index (Phi) is 5.62. The lowest BCUT2D eigenvalue weighted by Crippen LogP contribution is -2.20. The van der Waals surface area contributed by atoms with Crippen molar-refractivity contribution in [1.29, 1.82) is 0 Å². The van der Waals surface area contributed by atoms with Gasteiger partial charge in [0.2, 0.25) is 12.7 Å². The first-order valence-corrected chi connectivity index (χ1v) is 9.04. The van der Waals surface area contributed by atoms with E-state index >= 15 is 0 Å². The van der Waals surface area contributed by atoms with Crippen LogP contribution in [0.25, 0.3) is 11.3 Å². The molecule has 0 radical (unpaired) electrons. The topological polar surface area (TPSA) is 109 Å². The number of para-hydroxylation sites is 1. The van der Waals surface area contributed by atoms with Crippen molar-refractivity contribution < 1.29 is 33.1 Å². The Bertz CT molecular complexity index is 1080. The van der Waals surface area contributed by atoms with Gasteiger partial charge in [-0.15, -0.1) is 0 Å². The van der Waals surface area contributed by atoms with Crippen LogP contribution in [-0.2, 0) is 20.9 Å². The SMILES string of the molecule is COC(=O)c1ccccc1NC(=O)COCc1cc(-c2ccc3c(c2)OCO3)on1. The molecule has 1 aromatic heterocycles. The van der Waals surface area contributed by atoms with Crippen LogP contribution < -0.4 is 14.8 Å². The van der Waals surface area contributed by atoms with E-state index in [0.717, 1.165) is 5.56 Å². The fourth-order valence-corrected chi connectivity index (χ4v) is 2.88. The van der Waals surface area contributed by atoms with Crippen LogP contribution in [0.5, 0.6) is 11.5 Å². The number of esters is 1. The number of fused-ring (bicyclic) bond motifs is 1. The summed E-state index contributed by atoms with van der Waals surface area (Å²) in [6, 6.07) is 13.7. The molecule has 1 aliphatic heterocycles. The quantitative estimate of drug-likeness (QED) is 0.592. The van der Waals surface area contributed by atoms with Gasteiger partial charge >= 0.3 is 5.97 Å². The Labute approximate surface area is 171 Å². The van der Waals surface area contributed by atoms with Crippen molar-refractivity contribution in [3.05, 3.63) is 59.8 Å². The van der Waals surface area contributed by atoms with Gasteiger partial charge in [0.1, 0.15) is 12.3 Å². The first kappa shape index (κ1) is 19.5. The van der Waals surface area contributed by atoms with Crippen molar-refractivity contribution in [1.82, 2.24) is 5.16 Å². The Morgan fingerprint density at radius 1 is 1.10 bits per heavy atom. The van der Waals surface area contributed by atoms with Gasteiger partial charge in [0.25, 0.3) is 0 Å². The van der Waals surface area contributed by atoms with Crippen LogP contribution in [0.15, 0.2) is 53.1 Å². The smallest absolute Gasteiger partial charge is 0.339 e. The molecule has 0 fully saturated rings. The van der Waals surface area contributed by atoms with E-state index in [1.165, 1.54) is 7.11 Å². The second-order valence-electron chi connectivity index (χ2n) is 6.33. The average Bonchev–Trinajstić information content (AvgIpc) is 3.42. The Balaban J connectivity index is 1.31. The number of rotatable bonds is 7. The van der Waals surface area contributed by atoms with E-state index in [-0.39, 0.29) is 25.6 Å². The number of nitrogens with zero attached hydrogens (tertiary/aromatic N) is 1. The average molecular weight is 410 g/mol. The minimum absolute atomic E-state index is 0.0835. The summed E-state index contributed by atoms with van der Waals surface area (Å²) >= 11 is 0. The molecule has 30 heavy (non-hydrogen) atoms. The zero-order valence-electron chi connectivity index (χ0n) is 16.0. The molecule has 154 valence electrons. The Hall–Kier alpha value is -3.85. The maximum Gasteiger partial charge on any atom is 0.339 e. The number of carbonyl (C=O) groups is 2. The predicted molar refractivity (Wildman–Crippen MR) is 104 cm³/mol. The third kappa shape index (κ3) is 4.26. The van der Waals surface area contributed by atoms with E-state index in [9.17, 15) is 9.59 Å². The summed E-state index contributed by atoms with van der Waals surface area (Å²) in [6.45, 7) is 0.0578. The molecule has 1 aliphatic rings. The minimum atomic E-state index is -0.537. The molecule has 0 saturated carbocycles. The fourth-order valence-electron chi connectivity index (χ4n) is 2.88. The molecule has 9 nitrogen and oxygen atoms in total. The molecule has 4 rings (SSSR count). The van der Waals surface area contributed by atoms with Gasteiger partial charge in [-0.05, 0) is 30.3 Å². The predicted octanol–water partition coefficient (Wildman–Crippen LogP) is 3.01. The number of benzene rings is 2. The first-order valence-electron chi connectivity index (χ1n) is 9.04. The maximum atomic E-state index is 12.1. The highest BCUT2D eigenvalue weighted by atomic mass is 16.7. The summed E-state index contributed by atoms with van der Waals surface area (Å²) in [4.78, 5) is 23.9. The van der Waals surface area contributed by atoms with Crippen molar-refractivity contribution >= 4 is 17.6 Å². The molecule has 1 N–H and O–H groups in total. The molecule has 2 heterocycles.